The molecule has 0 spiro atoms. The van der Waals surface area contributed by atoms with Crippen LogP contribution in [0.4, 0.5) is 11.8 Å². The molecule has 86 valence electrons. The molecule has 0 radical (unpaired) electrons. The van der Waals surface area contributed by atoms with E-state index in [0.29, 0.717) is 18.0 Å². The van der Waals surface area contributed by atoms with Crippen molar-refractivity contribution in [3.8, 4) is 0 Å². The zero-order chi connectivity index (χ0) is 11.7. The summed E-state index contributed by atoms with van der Waals surface area (Å²) < 4.78 is 0. The molecule has 3 heterocycles. The number of rotatable bonds is 3. The van der Waals surface area contributed by atoms with E-state index in [2.05, 4.69) is 35.2 Å². The highest BCUT2D eigenvalue weighted by Crippen LogP contribution is 2.17. The van der Waals surface area contributed by atoms with Gasteiger partial charge in [0.15, 0.2) is 11.5 Å². The molecule has 0 bridgehead atoms. The molecule has 0 saturated carbocycles. The first kappa shape index (κ1) is 9.58. The predicted octanol–water partition coefficient (Wildman–Crippen LogP) is 0.270. The first-order valence-corrected chi connectivity index (χ1v) is 5.01. The number of hydrogen-bond acceptors (Lipinski definition) is 6. The van der Waals surface area contributed by atoms with Gasteiger partial charge in [0.2, 0.25) is 5.95 Å². The molecule has 5 N–H and O–H groups in total. The van der Waals surface area contributed by atoms with E-state index in [-0.39, 0.29) is 5.95 Å². The lowest BCUT2D eigenvalue weighted by Gasteiger charge is -2.04. The molecule has 0 atom stereocenters. The number of imidazole rings is 2. The highest BCUT2D eigenvalue weighted by atomic mass is 15.1. The van der Waals surface area contributed by atoms with Crippen molar-refractivity contribution in [3.63, 3.8) is 0 Å². The molecular formula is C9H10N8. The van der Waals surface area contributed by atoms with E-state index in [4.69, 9.17) is 5.73 Å². The first-order chi connectivity index (χ1) is 8.33. The van der Waals surface area contributed by atoms with Crippen LogP contribution in [0.15, 0.2) is 18.7 Å². The van der Waals surface area contributed by atoms with E-state index >= 15 is 0 Å². The Morgan fingerprint density at radius 3 is 3.00 bits per heavy atom. The maximum atomic E-state index is 5.59. The number of anilines is 2. The zero-order valence-electron chi connectivity index (χ0n) is 8.81. The van der Waals surface area contributed by atoms with Gasteiger partial charge in [-0.25, -0.2) is 9.97 Å². The van der Waals surface area contributed by atoms with Crippen molar-refractivity contribution in [2.24, 2.45) is 0 Å². The lowest BCUT2D eigenvalue weighted by atomic mass is 10.4. The fourth-order valence-corrected chi connectivity index (χ4v) is 1.54. The highest BCUT2D eigenvalue weighted by molar-refractivity contribution is 5.83. The van der Waals surface area contributed by atoms with Gasteiger partial charge in [-0.2, -0.15) is 9.97 Å². The van der Waals surface area contributed by atoms with Crippen molar-refractivity contribution in [3.05, 3.63) is 24.5 Å². The van der Waals surface area contributed by atoms with Crippen LogP contribution in [0.25, 0.3) is 11.2 Å². The summed E-state index contributed by atoms with van der Waals surface area (Å²) in [5, 5.41) is 3.12. The molecule has 8 nitrogen and oxygen atoms in total. The number of nitrogens with one attached hydrogen (secondary N) is 3. The summed E-state index contributed by atoms with van der Waals surface area (Å²) in [6, 6.07) is 0. The SMILES string of the molecule is Nc1nc(NCc2ncc[nH]2)c2[nH]cnc2n1. The van der Waals surface area contributed by atoms with Gasteiger partial charge < -0.3 is 21.0 Å². The molecule has 3 rings (SSSR count). The molecule has 0 aliphatic carbocycles. The summed E-state index contributed by atoms with van der Waals surface area (Å²) in [5.41, 5.74) is 6.86. The van der Waals surface area contributed by atoms with Gasteiger partial charge in [-0.15, -0.1) is 0 Å². The highest BCUT2D eigenvalue weighted by Gasteiger charge is 2.08. The Balaban J connectivity index is 1.91. The van der Waals surface area contributed by atoms with Crippen LogP contribution in [0, 0.1) is 0 Å². The van der Waals surface area contributed by atoms with E-state index in [9.17, 15) is 0 Å². The average Bonchev–Trinajstić information content (AvgIpc) is 2.95. The molecular weight excluding hydrogens is 220 g/mol. The Morgan fingerprint density at radius 1 is 1.24 bits per heavy atom. The minimum absolute atomic E-state index is 0.187. The third kappa shape index (κ3) is 1.75. The normalized spacial score (nSPS) is 10.8. The second-order valence-corrected chi connectivity index (χ2v) is 3.42. The fraction of sp³-hybridized carbons (Fsp3) is 0.111. The summed E-state index contributed by atoms with van der Waals surface area (Å²) in [7, 11) is 0. The van der Waals surface area contributed by atoms with Gasteiger partial charge in [0, 0.05) is 12.4 Å². The monoisotopic (exact) mass is 230 g/mol. The second-order valence-electron chi connectivity index (χ2n) is 3.42. The Kier molecular flexibility index (Phi) is 2.11. The Hall–Kier alpha value is -2.64. The number of hydrogen-bond donors (Lipinski definition) is 4. The summed E-state index contributed by atoms with van der Waals surface area (Å²) in [5.74, 6) is 1.61. The first-order valence-electron chi connectivity index (χ1n) is 5.01. The fourth-order valence-electron chi connectivity index (χ4n) is 1.54. The van der Waals surface area contributed by atoms with Crippen molar-refractivity contribution >= 4 is 22.9 Å². The van der Waals surface area contributed by atoms with Crippen LogP contribution in [0.3, 0.4) is 0 Å². The van der Waals surface area contributed by atoms with Crippen LogP contribution in [0.2, 0.25) is 0 Å². The van der Waals surface area contributed by atoms with E-state index in [1.54, 1.807) is 18.7 Å². The summed E-state index contributed by atoms with van der Waals surface area (Å²) >= 11 is 0. The Labute approximate surface area is 95.7 Å². The molecule has 0 fully saturated rings. The van der Waals surface area contributed by atoms with Crippen LogP contribution in [-0.4, -0.2) is 29.9 Å². The zero-order valence-corrected chi connectivity index (χ0v) is 8.81. The number of nitrogen functional groups attached to an aromatic ring is 1. The molecule has 3 aromatic rings. The number of nitrogens with zero attached hydrogens (tertiary/aromatic N) is 4. The number of H-pyrrole nitrogens is 2. The summed E-state index contributed by atoms with van der Waals surface area (Å²) in [6.07, 6.45) is 5.01. The van der Waals surface area contributed by atoms with Crippen LogP contribution in [0.5, 0.6) is 0 Å². The smallest absolute Gasteiger partial charge is 0.224 e. The number of aromatic nitrogens is 6. The van der Waals surface area contributed by atoms with Crippen LogP contribution in [-0.2, 0) is 6.54 Å². The third-order valence-corrected chi connectivity index (χ3v) is 2.28. The molecule has 0 aliphatic heterocycles. The van der Waals surface area contributed by atoms with E-state index in [0.717, 1.165) is 11.3 Å². The molecule has 17 heavy (non-hydrogen) atoms. The largest absolute Gasteiger partial charge is 0.368 e. The van der Waals surface area contributed by atoms with Gasteiger partial charge in [0.1, 0.15) is 11.3 Å². The van der Waals surface area contributed by atoms with Gasteiger partial charge in [0.05, 0.1) is 12.9 Å². The summed E-state index contributed by atoms with van der Waals surface area (Å²) in [6.45, 7) is 0.525. The number of aromatic amines is 2. The van der Waals surface area contributed by atoms with E-state index in [1.165, 1.54) is 0 Å². The maximum Gasteiger partial charge on any atom is 0.224 e. The molecule has 0 saturated heterocycles. The van der Waals surface area contributed by atoms with Crippen molar-refractivity contribution in [1.82, 2.24) is 29.9 Å². The van der Waals surface area contributed by atoms with Gasteiger partial charge in [0.25, 0.3) is 0 Å². The van der Waals surface area contributed by atoms with Crippen molar-refractivity contribution in [2.75, 3.05) is 11.1 Å². The van der Waals surface area contributed by atoms with Gasteiger partial charge in [-0.3, -0.25) is 0 Å². The van der Waals surface area contributed by atoms with Crippen molar-refractivity contribution in [1.29, 1.82) is 0 Å². The van der Waals surface area contributed by atoms with Crippen LogP contribution < -0.4 is 11.1 Å². The minimum Gasteiger partial charge on any atom is -0.368 e. The second kappa shape index (κ2) is 3.74. The van der Waals surface area contributed by atoms with E-state index < -0.39 is 0 Å². The van der Waals surface area contributed by atoms with Crippen molar-refractivity contribution in [2.45, 2.75) is 6.54 Å². The third-order valence-electron chi connectivity index (χ3n) is 2.28. The van der Waals surface area contributed by atoms with Crippen molar-refractivity contribution < 1.29 is 0 Å². The average molecular weight is 230 g/mol. The van der Waals surface area contributed by atoms with E-state index in [1.807, 2.05) is 0 Å². The predicted molar refractivity (Wildman–Crippen MR) is 62.0 cm³/mol. The lowest BCUT2D eigenvalue weighted by molar-refractivity contribution is 0.988. The molecule has 0 unspecified atom stereocenters. The molecule has 3 aromatic heterocycles. The Bertz CT molecular complexity index is 626. The quantitative estimate of drug-likeness (QED) is 0.512. The topological polar surface area (TPSA) is 121 Å². The van der Waals surface area contributed by atoms with Gasteiger partial charge in [-0.05, 0) is 0 Å². The standard InChI is InChI=1S/C9H10N8/c10-9-16-7(6-8(17-9)15-4-14-6)13-3-5-11-1-2-12-5/h1-2,4H,3H2,(H,11,12)(H4,10,13,14,15,16,17). The van der Waals surface area contributed by atoms with Crippen LogP contribution >= 0.6 is 0 Å². The lowest BCUT2D eigenvalue weighted by Crippen LogP contribution is -2.06. The molecule has 0 aromatic carbocycles. The van der Waals surface area contributed by atoms with Gasteiger partial charge in [-0.1, -0.05) is 0 Å². The molecule has 8 heteroatoms. The van der Waals surface area contributed by atoms with Gasteiger partial charge >= 0.3 is 0 Å². The minimum atomic E-state index is 0.187. The number of nitrogens with two attached hydrogens (primary N) is 1. The number of fused-ring (bicyclic) bond motifs is 1. The van der Waals surface area contributed by atoms with Crippen LogP contribution in [0.1, 0.15) is 5.82 Å². The summed E-state index contributed by atoms with van der Waals surface area (Å²) in [4.78, 5) is 22.2. The molecule has 0 aliphatic rings. The Morgan fingerprint density at radius 2 is 2.18 bits per heavy atom. The molecule has 0 amide bonds. The maximum absolute atomic E-state index is 5.59.